The number of amides is 1. The first-order valence-electron chi connectivity index (χ1n) is 11.0. The zero-order chi connectivity index (χ0) is 21.1. The van der Waals surface area contributed by atoms with Crippen LogP contribution in [0.15, 0.2) is 15.6 Å². The highest BCUT2D eigenvalue weighted by atomic mass is 16.5. The maximum Gasteiger partial charge on any atom is 0.234 e. The molecule has 0 spiro atoms. The SMILES string of the molecule is CCCNC(=O)CN1CCC(NC(=NC)NCc2cc(C(CC)CC)no2)CC1. The van der Waals surface area contributed by atoms with E-state index >= 15 is 0 Å². The van der Waals surface area contributed by atoms with Gasteiger partial charge in [0, 0.05) is 44.7 Å². The molecule has 8 heteroatoms. The van der Waals surface area contributed by atoms with Crippen molar-refractivity contribution in [1.82, 2.24) is 26.0 Å². The molecule has 29 heavy (non-hydrogen) atoms. The lowest BCUT2D eigenvalue weighted by atomic mass is 9.99. The molecular weight excluding hydrogens is 368 g/mol. The summed E-state index contributed by atoms with van der Waals surface area (Å²) >= 11 is 0. The van der Waals surface area contributed by atoms with Crippen LogP contribution in [0.3, 0.4) is 0 Å². The summed E-state index contributed by atoms with van der Waals surface area (Å²) in [5.41, 5.74) is 1.03. The summed E-state index contributed by atoms with van der Waals surface area (Å²) in [4.78, 5) is 18.4. The number of hydrogen-bond donors (Lipinski definition) is 3. The first-order chi connectivity index (χ1) is 14.1. The van der Waals surface area contributed by atoms with Gasteiger partial charge in [0.1, 0.15) is 0 Å². The van der Waals surface area contributed by atoms with Gasteiger partial charge in [0.2, 0.25) is 5.91 Å². The molecule has 1 aromatic heterocycles. The standard InChI is InChI=1S/C21H38N6O2/c1-5-10-23-20(28)15-27-11-8-17(9-12-27)25-21(22-4)24-14-18-13-19(26-29-18)16(6-2)7-3/h13,16-17H,5-12,14-15H2,1-4H3,(H,23,28)(H2,22,24,25). The van der Waals surface area contributed by atoms with Crippen molar-refractivity contribution in [2.75, 3.05) is 33.2 Å². The van der Waals surface area contributed by atoms with Crippen molar-refractivity contribution in [3.63, 3.8) is 0 Å². The van der Waals surface area contributed by atoms with Crippen LogP contribution in [0.2, 0.25) is 0 Å². The number of carbonyl (C=O) groups is 1. The average Bonchev–Trinajstić information content (AvgIpc) is 3.20. The van der Waals surface area contributed by atoms with Crippen LogP contribution >= 0.6 is 0 Å². The highest BCUT2D eigenvalue weighted by molar-refractivity contribution is 5.80. The van der Waals surface area contributed by atoms with Crippen LogP contribution in [0.5, 0.6) is 0 Å². The Kier molecular flexibility index (Phi) is 9.97. The van der Waals surface area contributed by atoms with Crippen LogP contribution in [0.4, 0.5) is 0 Å². The van der Waals surface area contributed by atoms with E-state index in [0.717, 1.165) is 69.2 Å². The molecule has 8 nitrogen and oxygen atoms in total. The van der Waals surface area contributed by atoms with E-state index in [-0.39, 0.29) is 5.91 Å². The molecule has 164 valence electrons. The van der Waals surface area contributed by atoms with Gasteiger partial charge in [0.05, 0.1) is 18.8 Å². The molecule has 3 N–H and O–H groups in total. The lowest BCUT2D eigenvalue weighted by molar-refractivity contribution is -0.122. The quantitative estimate of drug-likeness (QED) is 0.407. The van der Waals surface area contributed by atoms with E-state index < -0.39 is 0 Å². The first kappa shape index (κ1) is 23.2. The van der Waals surface area contributed by atoms with Gasteiger partial charge in [0.15, 0.2) is 11.7 Å². The minimum absolute atomic E-state index is 0.121. The predicted molar refractivity (Wildman–Crippen MR) is 116 cm³/mol. The monoisotopic (exact) mass is 406 g/mol. The van der Waals surface area contributed by atoms with Gasteiger partial charge in [-0.1, -0.05) is 25.9 Å². The zero-order valence-corrected chi connectivity index (χ0v) is 18.5. The van der Waals surface area contributed by atoms with Gasteiger partial charge in [-0.3, -0.25) is 14.7 Å². The van der Waals surface area contributed by atoms with E-state index in [9.17, 15) is 4.79 Å². The third-order valence-corrected chi connectivity index (χ3v) is 5.50. The van der Waals surface area contributed by atoms with Gasteiger partial charge in [-0.15, -0.1) is 0 Å². The Hall–Kier alpha value is -2.09. The van der Waals surface area contributed by atoms with Gasteiger partial charge < -0.3 is 20.5 Å². The highest BCUT2D eigenvalue weighted by Gasteiger charge is 2.21. The highest BCUT2D eigenvalue weighted by Crippen LogP contribution is 2.22. The summed E-state index contributed by atoms with van der Waals surface area (Å²) in [6.45, 7) is 10.0. The second-order valence-electron chi connectivity index (χ2n) is 7.70. The van der Waals surface area contributed by atoms with Crippen molar-refractivity contribution in [1.29, 1.82) is 0 Å². The predicted octanol–water partition coefficient (Wildman–Crippen LogP) is 2.23. The Labute approximate surface area is 174 Å². The van der Waals surface area contributed by atoms with Crippen LogP contribution in [0.25, 0.3) is 0 Å². The number of hydrogen-bond acceptors (Lipinski definition) is 5. The van der Waals surface area contributed by atoms with Crippen molar-refractivity contribution in [3.8, 4) is 0 Å². The molecule has 0 aromatic carbocycles. The van der Waals surface area contributed by atoms with Crippen molar-refractivity contribution < 1.29 is 9.32 Å². The van der Waals surface area contributed by atoms with Crippen molar-refractivity contribution in [3.05, 3.63) is 17.5 Å². The van der Waals surface area contributed by atoms with E-state index in [1.54, 1.807) is 7.05 Å². The van der Waals surface area contributed by atoms with Gasteiger partial charge in [-0.2, -0.15) is 0 Å². The van der Waals surface area contributed by atoms with Gasteiger partial charge in [-0.25, -0.2) is 0 Å². The summed E-state index contributed by atoms with van der Waals surface area (Å²) in [5, 5.41) is 14.0. The largest absolute Gasteiger partial charge is 0.359 e. The fraction of sp³-hybridized carbons (Fsp3) is 0.762. The number of aliphatic imine (C=N–C) groups is 1. The number of piperidine rings is 1. The fourth-order valence-corrected chi connectivity index (χ4v) is 3.63. The van der Waals surface area contributed by atoms with Crippen molar-refractivity contribution >= 4 is 11.9 Å². The van der Waals surface area contributed by atoms with Crippen LogP contribution in [-0.2, 0) is 11.3 Å². The summed E-state index contributed by atoms with van der Waals surface area (Å²) in [5.74, 6) is 2.17. The lowest BCUT2D eigenvalue weighted by Gasteiger charge is -2.32. The van der Waals surface area contributed by atoms with E-state index in [1.165, 1.54) is 0 Å². The van der Waals surface area contributed by atoms with Gasteiger partial charge in [0.25, 0.3) is 0 Å². The smallest absolute Gasteiger partial charge is 0.234 e. The maximum absolute atomic E-state index is 11.9. The second-order valence-corrected chi connectivity index (χ2v) is 7.70. The Balaban J connectivity index is 1.72. The lowest BCUT2D eigenvalue weighted by Crippen LogP contribution is -2.50. The maximum atomic E-state index is 11.9. The average molecular weight is 407 g/mol. The zero-order valence-electron chi connectivity index (χ0n) is 18.5. The summed E-state index contributed by atoms with van der Waals surface area (Å²) in [6.07, 6.45) is 5.08. The van der Waals surface area contributed by atoms with Gasteiger partial charge >= 0.3 is 0 Å². The molecule has 1 aromatic rings. The Morgan fingerprint density at radius 3 is 2.62 bits per heavy atom. The Bertz CT molecular complexity index is 633. The van der Waals surface area contributed by atoms with E-state index in [2.05, 4.69) is 51.8 Å². The molecule has 1 saturated heterocycles. The molecule has 0 bridgehead atoms. The number of rotatable bonds is 10. The van der Waals surface area contributed by atoms with E-state index in [4.69, 9.17) is 4.52 Å². The minimum atomic E-state index is 0.121. The molecule has 1 aliphatic rings. The molecule has 0 unspecified atom stereocenters. The fourth-order valence-electron chi connectivity index (χ4n) is 3.63. The molecule has 0 saturated carbocycles. The Morgan fingerprint density at radius 1 is 1.28 bits per heavy atom. The Morgan fingerprint density at radius 2 is 2.00 bits per heavy atom. The number of nitrogens with zero attached hydrogens (tertiary/aromatic N) is 3. The molecular formula is C21H38N6O2. The van der Waals surface area contributed by atoms with Crippen LogP contribution < -0.4 is 16.0 Å². The first-order valence-corrected chi connectivity index (χ1v) is 11.0. The molecule has 2 heterocycles. The summed E-state index contributed by atoms with van der Waals surface area (Å²) in [7, 11) is 1.78. The van der Waals surface area contributed by atoms with E-state index in [0.29, 0.717) is 25.0 Å². The molecule has 1 aliphatic heterocycles. The number of likely N-dealkylation sites (tertiary alicyclic amines) is 1. The number of carbonyl (C=O) groups excluding carboxylic acids is 1. The molecule has 0 aliphatic carbocycles. The molecule has 0 radical (unpaired) electrons. The van der Waals surface area contributed by atoms with Crippen molar-refractivity contribution in [2.24, 2.45) is 4.99 Å². The molecule has 0 atom stereocenters. The normalized spacial score (nSPS) is 16.2. The molecule has 1 fully saturated rings. The summed E-state index contributed by atoms with van der Waals surface area (Å²) in [6, 6.07) is 2.39. The second kappa shape index (κ2) is 12.5. The number of nitrogens with one attached hydrogen (secondary N) is 3. The third-order valence-electron chi connectivity index (χ3n) is 5.50. The van der Waals surface area contributed by atoms with Crippen LogP contribution in [0.1, 0.15) is 70.2 Å². The number of guanidine groups is 1. The topological polar surface area (TPSA) is 94.8 Å². The van der Waals surface area contributed by atoms with Crippen LogP contribution in [0, 0.1) is 0 Å². The molecule has 2 rings (SSSR count). The van der Waals surface area contributed by atoms with Crippen LogP contribution in [-0.4, -0.2) is 61.2 Å². The van der Waals surface area contributed by atoms with Crippen molar-refractivity contribution in [2.45, 2.75) is 71.4 Å². The van der Waals surface area contributed by atoms with E-state index in [1.807, 2.05) is 6.07 Å². The number of aromatic nitrogens is 1. The molecule has 1 amide bonds. The minimum Gasteiger partial charge on any atom is -0.359 e. The van der Waals surface area contributed by atoms with Gasteiger partial charge in [-0.05, 0) is 32.1 Å². The third kappa shape index (κ3) is 7.68. The summed E-state index contributed by atoms with van der Waals surface area (Å²) < 4.78 is 5.47.